The SMILES string of the molecule is COc1ccc2c(c1F)CCNC2C.COc1cccc(CCN)c1F. The molecule has 26 heavy (non-hydrogen) atoms. The van der Waals surface area contributed by atoms with Gasteiger partial charge in [0.1, 0.15) is 0 Å². The van der Waals surface area contributed by atoms with Crippen LogP contribution < -0.4 is 20.5 Å². The second kappa shape index (κ2) is 9.50. The average Bonchev–Trinajstić information content (AvgIpc) is 2.65. The molecule has 2 aromatic carbocycles. The zero-order chi connectivity index (χ0) is 19.1. The van der Waals surface area contributed by atoms with Gasteiger partial charge in [0, 0.05) is 6.04 Å². The normalized spacial score (nSPS) is 15.5. The molecule has 0 saturated heterocycles. The van der Waals surface area contributed by atoms with Crippen LogP contribution in [0.4, 0.5) is 8.78 Å². The van der Waals surface area contributed by atoms with Gasteiger partial charge >= 0.3 is 0 Å². The average molecular weight is 364 g/mol. The van der Waals surface area contributed by atoms with Crippen LogP contribution in [-0.2, 0) is 12.8 Å². The fourth-order valence-electron chi connectivity index (χ4n) is 3.02. The fraction of sp³-hybridized carbons (Fsp3) is 0.400. The van der Waals surface area contributed by atoms with Crippen LogP contribution in [0.1, 0.15) is 29.7 Å². The number of ether oxygens (including phenoxy) is 2. The third-order valence-corrected chi connectivity index (χ3v) is 4.43. The minimum Gasteiger partial charge on any atom is -0.494 e. The van der Waals surface area contributed by atoms with E-state index in [1.165, 1.54) is 14.2 Å². The number of fused-ring (bicyclic) bond motifs is 1. The number of hydrogen-bond acceptors (Lipinski definition) is 4. The molecular formula is C20H26F2N2O2. The highest BCUT2D eigenvalue weighted by atomic mass is 19.1. The van der Waals surface area contributed by atoms with E-state index in [4.69, 9.17) is 15.2 Å². The van der Waals surface area contributed by atoms with Gasteiger partial charge in [-0.15, -0.1) is 0 Å². The Morgan fingerprint density at radius 1 is 1.08 bits per heavy atom. The van der Waals surface area contributed by atoms with E-state index < -0.39 is 0 Å². The molecule has 0 aromatic heterocycles. The van der Waals surface area contributed by atoms with Gasteiger partial charge in [0.25, 0.3) is 0 Å². The molecule has 0 amide bonds. The Bertz CT molecular complexity index is 738. The Labute approximate surface area is 153 Å². The maximum absolute atomic E-state index is 13.8. The first-order chi connectivity index (χ1) is 12.5. The van der Waals surface area contributed by atoms with Gasteiger partial charge in [-0.05, 0) is 61.7 Å². The molecule has 2 aromatic rings. The van der Waals surface area contributed by atoms with Crippen LogP contribution in [0.2, 0.25) is 0 Å². The van der Waals surface area contributed by atoms with Crippen molar-refractivity contribution in [1.82, 2.24) is 5.32 Å². The quantitative estimate of drug-likeness (QED) is 0.873. The van der Waals surface area contributed by atoms with Crippen molar-refractivity contribution in [3.8, 4) is 11.5 Å². The Balaban J connectivity index is 0.000000190. The third-order valence-electron chi connectivity index (χ3n) is 4.43. The topological polar surface area (TPSA) is 56.5 Å². The van der Waals surface area contributed by atoms with Crippen LogP contribution in [0.25, 0.3) is 0 Å². The van der Waals surface area contributed by atoms with Gasteiger partial charge in [0.2, 0.25) is 0 Å². The van der Waals surface area contributed by atoms with E-state index in [2.05, 4.69) is 5.32 Å². The largest absolute Gasteiger partial charge is 0.494 e. The highest BCUT2D eigenvalue weighted by Crippen LogP contribution is 2.30. The zero-order valence-corrected chi connectivity index (χ0v) is 15.4. The number of nitrogens with two attached hydrogens (primary N) is 1. The molecule has 0 fully saturated rings. The Morgan fingerprint density at radius 2 is 1.77 bits per heavy atom. The van der Waals surface area contributed by atoms with Crippen molar-refractivity contribution in [3.05, 3.63) is 58.7 Å². The first kappa shape index (κ1) is 20.1. The molecule has 1 unspecified atom stereocenters. The summed E-state index contributed by atoms with van der Waals surface area (Å²) < 4.78 is 36.8. The number of hydrogen-bond donors (Lipinski definition) is 2. The standard InChI is InChI=1S/C11H14FNO.C9H12FNO/c1-7-8-3-4-10(14-2)11(12)9(8)5-6-13-7;1-12-8-4-2-3-7(5-6-11)9(8)10/h3-4,7,13H,5-6H2,1-2H3;2-4H,5-6,11H2,1H3. The molecule has 1 aliphatic rings. The second-order valence-electron chi connectivity index (χ2n) is 6.05. The zero-order valence-electron chi connectivity index (χ0n) is 15.4. The lowest BCUT2D eigenvalue weighted by Crippen LogP contribution is -2.28. The van der Waals surface area contributed by atoms with E-state index in [0.717, 1.165) is 24.1 Å². The smallest absolute Gasteiger partial charge is 0.168 e. The number of nitrogens with one attached hydrogen (secondary N) is 1. The van der Waals surface area contributed by atoms with Crippen molar-refractivity contribution in [2.45, 2.75) is 25.8 Å². The van der Waals surface area contributed by atoms with E-state index in [1.807, 2.05) is 13.0 Å². The first-order valence-electron chi connectivity index (χ1n) is 8.63. The van der Waals surface area contributed by atoms with Crippen molar-refractivity contribution in [2.75, 3.05) is 27.3 Å². The van der Waals surface area contributed by atoms with Crippen molar-refractivity contribution in [2.24, 2.45) is 5.73 Å². The van der Waals surface area contributed by atoms with Crippen LogP contribution in [0.5, 0.6) is 11.5 Å². The number of rotatable bonds is 4. The van der Waals surface area contributed by atoms with Gasteiger partial charge in [-0.1, -0.05) is 18.2 Å². The van der Waals surface area contributed by atoms with Crippen LogP contribution in [0.3, 0.4) is 0 Å². The summed E-state index contributed by atoms with van der Waals surface area (Å²) >= 11 is 0. The van der Waals surface area contributed by atoms with Crippen LogP contribution in [0, 0.1) is 11.6 Å². The molecule has 4 nitrogen and oxygen atoms in total. The monoisotopic (exact) mass is 364 g/mol. The summed E-state index contributed by atoms with van der Waals surface area (Å²) in [7, 11) is 2.94. The van der Waals surface area contributed by atoms with E-state index in [0.29, 0.717) is 24.3 Å². The predicted molar refractivity (Wildman–Crippen MR) is 98.8 cm³/mol. The third kappa shape index (κ3) is 4.51. The van der Waals surface area contributed by atoms with Crippen LogP contribution in [0.15, 0.2) is 30.3 Å². The molecule has 0 bridgehead atoms. The molecule has 6 heteroatoms. The van der Waals surface area contributed by atoms with E-state index >= 15 is 0 Å². The van der Waals surface area contributed by atoms with Gasteiger partial charge < -0.3 is 20.5 Å². The Kier molecular flexibility index (Phi) is 7.36. The summed E-state index contributed by atoms with van der Waals surface area (Å²) in [6.07, 6.45) is 1.28. The van der Waals surface area contributed by atoms with E-state index in [1.54, 1.807) is 24.3 Å². The molecule has 3 rings (SSSR count). The second-order valence-corrected chi connectivity index (χ2v) is 6.05. The summed E-state index contributed by atoms with van der Waals surface area (Å²) in [5, 5.41) is 3.30. The summed E-state index contributed by atoms with van der Waals surface area (Å²) in [6, 6.07) is 8.93. The predicted octanol–water partition coefficient (Wildman–Crippen LogP) is 3.38. The number of methoxy groups -OCH3 is 2. The Hall–Kier alpha value is -2.18. The van der Waals surface area contributed by atoms with Crippen LogP contribution in [-0.4, -0.2) is 27.3 Å². The maximum atomic E-state index is 13.8. The van der Waals surface area contributed by atoms with Crippen molar-refractivity contribution < 1.29 is 18.3 Å². The molecule has 0 saturated carbocycles. The van der Waals surface area contributed by atoms with Gasteiger partial charge in [-0.2, -0.15) is 0 Å². The molecule has 3 N–H and O–H groups in total. The number of benzene rings is 2. The minimum absolute atomic E-state index is 0.196. The molecular weight excluding hydrogens is 338 g/mol. The summed E-state index contributed by atoms with van der Waals surface area (Å²) in [5.41, 5.74) is 7.77. The molecule has 0 radical (unpaired) electrons. The molecule has 0 spiro atoms. The van der Waals surface area contributed by atoms with Gasteiger partial charge in [0.05, 0.1) is 14.2 Å². The van der Waals surface area contributed by atoms with Crippen LogP contribution >= 0.6 is 0 Å². The van der Waals surface area contributed by atoms with E-state index in [9.17, 15) is 8.78 Å². The minimum atomic E-state index is -0.301. The highest BCUT2D eigenvalue weighted by Gasteiger charge is 2.21. The number of halogens is 2. The van der Waals surface area contributed by atoms with Gasteiger partial charge in [0.15, 0.2) is 23.1 Å². The summed E-state index contributed by atoms with van der Waals surface area (Å²) in [4.78, 5) is 0. The fourth-order valence-corrected chi connectivity index (χ4v) is 3.02. The summed E-state index contributed by atoms with van der Waals surface area (Å²) in [5.74, 6) is 0.127. The van der Waals surface area contributed by atoms with Gasteiger partial charge in [-0.3, -0.25) is 0 Å². The van der Waals surface area contributed by atoms with Crippen molar-refractivity contribution in [1.29, 1.82) is 0 Å². The maximum Gasteiger partial charge on any atom is 0.168 e. The molecule has 1 atom stereocenters. The lowest BCUT2D eigenvalue weighted by Gasteiger charge is -2.24. The summed E-state index contributed by atoms with van der Waals surface area (Å²) in [6.45, 7) is 3.33. The molecule has 0 aliphatic carbocycles. The first-order valence-corrected chi connectivity index (χ1v) is 8.63. The lowest BCUT2D eigenvalue weighted by molar-refractivity contribution is 0.380. The molecule has 1 heterocycles. The lowest BCUT2D eigenvalue weighted by atomic mass is 9.94. The Morgan fingerprint density at radius 3 is 2.42 bits per heavy atom. The van der Waals surface area contributed by atoms with E-state index in [-0.39, 0.29) is 23.4 Å². The molecule has 142 valence electrons. The highest BCUT2D eigenvalue weighted by molar-refractivity contribution is 5.40. The van der Waals surface area contributed by atoms with Crippen molar-refractivity contribution in [3.63, 3.8) is 0 Å². The van der Waals surface area contributed by atoms with Gasteiger partial charge in [-0.25, -0.2) is 8.78 Å². The molecule has 1 aliphatic heterocycles. The van der Waals surface area contributed by atoms with Crippen molar-refractivity contribution >= 4 is 0 Å².